The first-order valence-corrected chi connectivity index (χ1v) is 12.7. The molecule has 2 saturated carbocycles. The number of carbonyl (C=O) groups excluding carboxylic acids is 2. The number of H-pyrrole nitrogens is 1. The van der Waals surface area contributed by atoms with E-state index in [9.17, 15) is 14.4 Å². The number of benzene rings is 2. The first kappa shape index (κ1) is 18.9. The lowest BCUT2D eigenvalue weighted by atomic mass is 9.68. The summed E-state index contributed by atoms with van der Waals surface area (Å²) < 4.78 is 0. The van der Waals surface area contributed by atoms with Crippen molar-refractivity contribution >= 4 is 40.6 Å². The normalized spacial score (nSPS) is 34.5. The molecule has 0 radical (unpaired) electrons. The molecule has 0 spiro atoms. The number of amides is 2. The molecule has 3 fully saturated rings. The van der Waals surface area contributed by atoms with E-state index in [0.29, 0.717) is 5.69 Å². The Bertz CT molecular complexity index is 1300. The van der Waals surface area contributed by atoms with Crippen LogP contribution in [0.3, 0.4) is 0 Å². The standard InChI is InChI=1S/C25H20N2O3S2/c28-23-18-14-11-15(19(18)24(29)27(23)13-9-5-2-6-10-13)20-17(14)16(12-7-3-1-4-8-12)21-22(31-20)26-25(30)32-21/h1-10,14-20H,11H2,(H,26,30). The number of fused-ring (bicyclic) bond motifs is 9. The van der Waals surface area contributed by atoms with Crippen LogP contribution in [0.15, 0.2) is 70.5 Å². The van der Waals surface area contributed by atoms with E-state index in [1.165, 1.54) is 21.8 Å². The van der Waals surface area contributed by atoms with E-state index >= 15 is 0 Å². The highest BCUT2D eigenvalue weighted by molar-refractivity contribution is 8.00. The molecule has 160 valence electrons. The number of nitrogens with zero attached hydrogens (tertiary/aromatic N) is 1. The van der Waals surface area contributed by atoms with Crippen LogP contribution in [-0.4, -0.2) is 22.0 Å². The summed E-state index contributed by atoms with van der Waals surface area (Å²) >= 11 is 3.03. The van der Waals surface area contributed by atoms with Crippen LogP contribution in [0.1, 0.15) is 22.8 Å². The number of aromatic amines is 1. The maximum Gasteiger partial charge on any atom is 0.305 e. The summed E-state index contributed by atoms with van der Waals surface area (Å²) in [6, 6.07) is 19.7. The molecule has 7 heteroatoms. The molecule has 1 aromatic heterocycles. The third-order valence-electron chi connectivity index (χ3n) is 7.90. The van der Waals surface area contributed by atoms with Crippen LogP contribution in [0.5, 0.6) is 0 Å². The SMILES string of the molecule is O=C1C2C3CC(C2C(=O)N1c1ccccc1)C1C(c2ccccc2)c2sc(=O)[nH]c2SC31. The van der Waals surface area contributed by atoms with Crippen molar-refractivity contribution in [1.82, 2.24) is 4.98 Å². The molecular formula is C25H20N2O3S2. The number of nitrogens with one attached hydrogen (secondary N) is 1. The van der Waals surface area contributed by atoms with Gasteiger partial charge in [-0.25, -0.2) is 0 Å². The topological polar surface area (TPSA) is 70.2 Å². The Balaban J connectivity index is 1.34. The van der Waals surface area contributed by atoms with Crippen molar-refractivity contribution in [2.24, 2.45) is 29.6 Å². The first-order chi connectivity index (χ1) is 15.6. The number of thioether (sulfide) groups is 1. The quantitative estimate of drug-likeness (QED) is 0.584. The molecule has 4 aliphatic rings. The van der Waals surface area contributed by atoms with Crippen molar-refractivity contribution in [1.29, 1.82) is 0 Å². The number of thiazole rings is 1. The first-order valence-electron chi connectivity index (χ1n) is 11.0. The highest BCUT2D eigenvalue weighted by Gasteiger charge is 2.69. The lowest BCUT2D eigenvalue weighted by Crippen LogP contribution is -2.42. The van der Waals surface area contributed by atoms with Gasteiger partial charge in [0.2, 0.25) is 11.8 Å². The van der Waals surface area contributed by atoms with Gasteiger partial charge >= 0.3 is 4.87 Å². The summed E-state index contributed by atoms with van der Waals surface area (Å²) in [4.78, 5) is 44.9. The van der Waals surface area contributed by atoms with Gasteiger partial charge in [-0.3, -0.25) is 19.3 Å². The minimum atomic E-state index is -0.252. The van der Waals surface area contributed by atoms with E-state index in [2.05, 4.69) is 17.1 Å². The van der Waals surface area contributed by atoms with Crippen LogP contribution >= 0.6 is 23.1 Å². The van der Waals surface area contributed by atoms with Crippen molar-refractivity contribution in [2.45, 2.75) is 22.6 Å². The zero-order valence-electron chi connectivity index (χ0n) is 17.0. The Kier molecular flexibility index (Phi) is 3.94. The third kappa shape index (κ3) is 2.38. The Morgan fingerprint density at radius 3 is 2.22 bits per heavy atom. The van der Waals surface area contributed by atoms with Crippen molar-refractivity contribution in [3.63, 3.8) is 0 Å². The molecule has 5 nitrogen and oxygen atoms in total. The number of para-hydroxylation sites is 1. The molecule has 2 amide bonds. The number of carbonyl (C=O) groups is 2. The summed E-state index contributed by atoms with van der Waals surface area (Å²) in [5.41, 5.74) is 1.87. The maximum absolute atomic E-state index is 13.6. The maximum atomic E-state index is 13.6. The van der Waals surface area contributed by atoms with Gasteiger partial charge in [0.25, 0.3) is 0 Å². The Morgan fingerprint density at radius 2 is 1.50 bits per heavy atom. The molecule has 2 aliphatic heterocycles. The fraction of sp³-hybridized carbons (Fsp3) is 0.320. The highest BCUT2D eigenvalue weighted by atomic mass is 32.2. The second kappa shape index (κ2) is 6.68. The Labute approximate surface area is 192 Å². The van der Waals surface area contributed by atoms with E-state index in [1.807, 2.05) is 48.5 Å². The Morgan fingerprint density at radius 1 is 0.844 bits per heavy atom. The molecule has 32 heavy (non-hydrogen) atoms. The van der Waals surface area contributed by atoms with E-state index in [4.69, 9.17) is 0 Å². The largest absolute Gasteiger partial charge is 0.307 e. The van der Waals surface area contributed by atoms with Crippen LogP contribution in [0.2, 0.25) is 0 Å². The van der Waals surface area contributed by atoms with Crippen molar-refractivity contribution in [2.75, 3.05) is 4.90 Å². The van der Waals surface area contributed by atoms with Gasteiger partial charge in [0, 0.05) is 16.0 Å². The summed E-state index contributed by atoms with van der Waals surface area (Å²) in [6.07, 6.45) is 0.917. The van der Waals surface area contributed by atoms with Gasteiger partial charge in [0.1, 0.15) is 0 Å². The molecule has 1 N–H and O–H groups in total. The van der Waals surface area contributed by atoms with Crippen LogP contribution < -0.4 is 9.77 Å². The minimum absolute atomic E-state index is 0.0293. The molecule has 7 rings (SSSR count). The lowest BCUT2D eigenvalue weighted by molar-refractivity contribution is -0.123. The molecule has 2 aromatic carbocycles. The minimum Gasteiger partial charge on any atom is -0.307 e. The zero-order chi connectivity index (χ0) is 21.6. The molecule has 1 saturated heterocycles. The summed E-state index contributed by atoms with van der Waals surface area (Å²) in [5.74, 6) is 0.0747. The van der Waals surface area contributed by atoms with E-state index in [-0.39, 0.29) is 57.4 Å². The van der Waals surface area contributed by atoms with Crippen molar-refractivity contribution in [3.05, 3.63) is 80.8 Å². The van der Waals surface area contributed by atoms with Gasteiger partial charge in [-0.05, 0) is 41.9 Å². The second-order valence-corrected chi connectivity index (χ2v) is 11.4. The molecular weight excluding hydrogens is 440 g/mol. The number of hydrogen-bond donors (Lipinski definition) is 1. The van der Waals surface area contributed by atoms with Crippen LogP contribution in [0.25, 0.3) is 0 Å². The fourth-order valence-corrected chi connectivity index (χ4v) is 9.77. The van der Waals surface area contributed by atoms with E-state index in [0.717, 1.165) is 16.3 Å². The van der Waals surface area contributed by atoms with E-state index < -0.39 is 0 Å². The zero-order valence-corrected chi connectivity index (χ0v) is 18.6. The summed E-state index contributed by atoms with van der Waals surface area (Å²) in [5, 5.41) is 1.19. The van der Waals surface area contributed by atoms with Crippen LogP contribution in [-0.2, 0) is 9.59 Å². The van der Waals surface area contributed by atoms with Crippen LogP contribution in [0.4, 0.5) is 5.69 Å². The van der Waals surface area contributed by atoms with E-state index in [1.54, 1.807) is 11.8 Å². The van der Waals surface area contributed by atoms with Crippen LogP contribution in [0, 0.1) is 29.6 Å². The number of rotatable bonds is 2. The molecule has 7 atom stereocenters. The molecule has 3 aromatic rings. The summed E-state index contributed by atoms with van der Waals surface area (Å²) in [7, 11) is 0. The number of imide groups is 1. The average Bonchev–Trinajstić information content (AvgIpc) is 3.53. The monoisotopic (exact) mass is 460 g/mol. The van der Waals surface area contributed by atoms with Gasteiger partial charge in [0.05, 0.1) is 22.5 Å². The number of aromatic nitrogens is 1. The van der Waals surface area contributed by atoms with Gasteiger partial charge in [-0.15, -0.1) is 11.8 Å². The average molecular weight is 461 g/mol. The highest BCUT2D eigenvalue weighted by Crippen LogP contribution is 2.68. The van der Waals surface area contributed by atoms with Gasteiger partial charge in [0.15, 0.2) is 0 Å². The predicted octanol–water partition coefficient (Wildman–Crippen LogP) is 4.11. The van der Waals surface area contributed by atoms with Crippen molar-refractivity contribution in [3.8, 4) is 0 Å². The van der Waals surface area contributed by atoms with Gasteiger partial charge in [-0.1, -0.05) is 59.9 Å². The second-order valence-electron chi connectivity index (χ2n) is 9.22. The smallest absolute Gasteiger partial charge is 0.305 e. The Hall–Kier alpha value is -2.64. The van der Waals surface area contributed by atoms with Gasteiger partial charge in [-0.2, -0.15) is 0 Å². The van der Waals surface area contributed by atoms with Gasteiger partial charge < -0.3 is 4.98 Å². The summed E-state index contributed by atoms with van der Waals surface area (Å²) in [6.45, 7) is 0. The molecule has 7 unspecified atom stereocenters. The predicted molar refractivity (Wildman–Crippen MR) is 124 cm³/mol. The fourth-order valence-electron chi connectivity index (χ4n) is 6.88. The molecule has 2 bridgehead atoms. The number of hydrogen-bond acceptors (Lipinski definition) is 5. The number of anilines is 1. The molecule has 2 aliphatic carbocycles. The third-order valence-corrected chi connectivity index (χ3v) is 10.5. The lowest BCUT2D eigenvalue weighted by Gasteiger charge is -2.43. The molecule has 3 heterocycles. The van der Waals surface area contributed by atoms with Crippen molar-refractivity contribution < 1.29 is 9.59 Å².